The van der Waals surface area contributed by atoms with Crippen LogP contribution in [-0.2, 0) is 25.5 Å². The molecule has 3 N–H and O–H groups in total. The molecule has 1 atom stereocenters. The summed E-state index contributed by atoms with van der Waals surface area (Å²) in [6.07, 6.45) is 1.95. The smallest absolute Gasteiger partial charge is 0.323 e. The highest BCUT2D eigenvalue weighted by atomic mass is 35.5. The predicted molar refractivity (Wildman–Crippen MR) is 138 cm³/mol. The van der Waals surface area contributed by atoms with Crippen molar-refractivity contribution in [3.8, 4) is 17.2 Å². The fourth-order valence-corrected chi connectivity index (χ4v) is 4.35. The molecule has 1 aliphatic heterocycles. The Balaban J connectivity index is 0.00000432. The standard InChI is InChI=1S/C23H22N2O7S2.ClH/c1-30-18-10-14(11-19-21(28)25(12-20(26)27)23(33)34-19)5-8-17(18)32-15-6-3-13(4-7-15)9-16(24)22(29)31-2;/h3-8,10-11,16H,9,12,24H2,1-2H3,(H,26,27);1H/t16-;/m0./s1. The normalized spacial score (nSPS) is 14.9. The number of esters is 1. The van der Waals surface area contributed by atoms with Crippen LogP contribution < -0.4 is 15.2 Å². The van der Waals surface area contributed by atoms with Crippen molar-refractivity contribution >= 4 is 64.6 Å². The van der Waals surface area contributed by atoms with E-state index >= 15 is 0 Å². The zero-order chi connectivity index (χ0) is 24.8. The van der Waals surface area contributed by atoms with Crippen molar-refractivity contribution in [2.75, 3.05) is 20.8 Å². The lowest BCUT2D eigenvalue weighted by atomic mass is 10.1. The molecule has 0 aromatic heterocycles. The van der Waals surface area contributed by atoms with E-state index in [0.717, 1.165) is 22.2 Å². The molecule has 9 nitrogen and oxygen atoms in total. The molecule has 1 amide bonds. The van der Waals surface area contributed by atoms with Crippen LogP contribution in [0.3, 0.4) is 0 Å². The maximum atomic E-state index is 12.5. The Morgan fingerprint density at radius 2 is 1.86 bits per heavy atom. The Hall–Kier alpha value is -3.12. The van der Waals surface area contributed by atoms with Gasteiger partial charge in [0.2, 0.25) is 0 Å². The number of carboxylic acid groups (broad SMARTS) is 1. The monoisotopic (exact) mass is 538 g/mol. The summed E-state index contributed by atoms with van der Waals surface area (Å²) in [5, 5.41) is 8.95. The molecule has 186 valence electrons. The highest BCUT2D eigenvalue weighted by molar-refractivity contribution is 8.26. The van der Waals surface area contributed by atoms with E-state index in [1.807, 2.05) is 0 Å². The van der Waals surface area contributed by atoms with Gasteiger partial charge in [0.1, 0.15) is 22.7 Å². The lowest BCUT2D eigenvalue weighted by molar-refractivity contribution is -0.142. The van der Waals surface area contributed by atoms with Gasteiger partial charge in [-0.05, 0) is 47.9 Å². The molecule has 0 aliphatic carbocycles. The molecule has 3 rings (SSSR count). The molecule has 2 aromatic rings. The van der Waals surface area contributed by atoms with Crippen molar-refractivity contribution in [3.05, 3.63) is 58.5 Å². The number of nitrogens with zero attached hydrogens (tertiary/aromatic N) is 1. The topological polar surface area (TPSA) is 128 Å². The van der Waals surface area contributed by atoms with Crippen LogP contribution in [0.2, 0.25) is 0 Å². The maximum absolute atomic E-state index is 12.5. The van der Waals surface area contributed by atoms with E-state index in [2.05, 4.69) is 4.74 Å². The average molecular weight is 539 g/mol. The number of carboxylic acids is 1. The molecule has 1 heterocycles. The van der Waals surface area contributed by atoms with Gasteiger partial charge in [-0.3, -0.25) is 19.3 Å². The minimum absolute atomic E-state index is 0. The number of thioether (sulfide) groups is 1. The van der Waals surface area contributed by atoms with E-state index in [4.69, 9.17) is 32.5 Å². The SMILES string of the molecule is COC(=O)[C@@H](N)Cc1ccc(Oc2ccc(C=C3SC(=S)N(CC(=O)O)C3=O)cc2OC)cc1.Cl. The zero-order valence-electron chi connectivity index (χ0n) is 18.8. The number of hydrogen-bond acceptors (Lipinski definition) is 9. The first-order valence-corrected chi connectivity index (χ1v) is 11.2. The summed E-state index contributed by atoms with van der Waals surface area (Å²) in [5.74, 6) is -0.627. The van der Waals surface area contributed by atoms with Gasteiger partial charge >= 0.3 is 11.9 Å². The summed E-state index contributed by atoms with van der Waals surface area (Å²) in [6, 6.07) is 11.5. The van der Waals surface area contributed by atoms with Gasteiger partial charge in [0, 0.05) is 0 Å². The van der Waals surface area contributed by atoms with Crippen LogP contribution in [0.15, 0.2) is 47.4 Å². The number of aliphatic carboxylic acids is 1. The molecule has 12 heteroatoms. The van der Waals surface area contributed by atoms with Gasteiger partial charge in [0.05, 0.1) is 19.1 Å². The van der Waals surface area contributed by atoms with Crippen molar-refractivity contribution in [2.45, 2.75) is 12.5 Å². The number of carbonyl (C=O) groups is 3. The van der Waals surface area contributed by atoms with Gasteiger partial charge in [0.15, 0.2) is 11.5 Å². The van der Waals surface area contributed by atoms with E-state index in [-0.39, 0.29) is 16.7 Å². The van der Waals surface area contributed by atoms with Crippen molar-refractivity contribution < 1.29 is 33.7 Å². The molecule has 0 unspecified atom stereocenters. The van der Waals surface area contributed by atoms with Crippen LogP contribution in [0.1, 0.15) is 11.1 Å². The molecule has 35 heavy (non-hydrogen) atoms. The fraction of sp³-hybridized carbons (Fsp3) is 0.217. The number of methoxy groups -OCH3 is 2. The van der Waals surface area contributed by atoms with E-state index in [9.17, 15) is 14.4 Å². The first-order chi connectivity index (χ1) is 16.2. The van der Waals surface area contributed by atoms with Crippen molar-refractivity contribution in [1.82, 2.24) is 4.90 Å². The maximum Gasteiger partial charge on any atom is 0.323 e. The number of carbonyl (C=O) groups excluding carboxylic acids is 2. The molecule has 1 fully saturated rings. The second-order valence-corrected chi connectivity index (χ2v) is 8.83. The Morgan fingerprint density at radius 3 is 2.46 bits per heavy atom. The van der Waals surface area contributed by atoms with E-state index in [0.29, 0.717) is 34.1 Å². The van der Waals surface area contributed by atoms with Crippen molar-refractivity contribution in [1.29, 1.82) is 0 Å². The van der Waals surface area contributed by atoms with Crippen LogP contribution in [0.4, 0.5) is 0 Å². The minimum Gasteiger partial charge on any atom is -0.493 e. The molecule has 2 aromatic carbocycles. The number of thiocarbonyl (C=S) groups is 1. The lowest BCUT2D eigenvalue weighted by Crippen LogP contribution is -2.33. The molecular formula is C23H23ClN2O7S2. The third-order valence-electron chi connectivity index (χ3n) is 4.76. The van der Waals surface area contributed by atoms with Crippen LogP contribution in [0.5, 0.6) is 17.2 Å². The third kappa shape index (κ3) is 7.18. The quantitative estimate of drug-likeness (QED) is 0.279. The summed E-state index contributed by atoms with van der Waals surface area (Å²) in [5.41, 5.74) is 7.31. The van der Waals surface area contributed by atoms with Gasteiger partial charge in [-0.25, -0.2) is 0 Å². The first-order valence-electron chi connectivity index (χ1n) is 9.97. The molecule has 1 aliphatic rings. The van der Waals surface area contributed by atoms with Crippen molar-refractivity contribution in [3.63, 3.8) is 0 Å². The molecular weight excluding hydrogens is 516 g/mol. The van der Waals surface area contributed by atoms with Crippen molar-refractivity contribution in [2.24, 2.45) is 5.73 Å². The average Bonchev–Trinajstić information content (AvgIpc) is 3.07. The number of nitrogens with two attached hydrogens (primary N) is 1. The van der Waals surface area contributed by atoms with E-state index in [1.165, 1.54) is 14.2 Å². The highest BCUT2D eigenvalue weighted by Gasteiger charge is 2.33. The summed E-state index contributed by atoms with van der Waals surface area (Å²) >= 11 is 6.15. The Morgan fingerprint density at radius 1 is 1.17 bits per heavy atom. The highest BCUT2D eigenvalue weighted by Crippen LogP contribution is 2.36. The van der Waals surface area contributed by atoms with Gasteiger partial charge in [-0.15, -0.1) is 12.4 Å². The summed E-state index contributed by atoms with van der Waals surface area (Å²) in [7, 11) is 2.79. The number of ether oxygens (including phenoxy) is 3. The van der Waals surface area contributed by atoms with Gasteiger partial charge in [-0.1, -0.05) is 42.2 Å². The molecule has 1 saturated heterocycles. The minimum atomic E-state index is -1.14. The van der Waals surface area contributed by atoms with Gasteiger partial charge < -0.3 is 25.1 Å². The van der Waals surface area contributed by atoms with Crippen LogP contribution >= 0.6 is 36.4 Å². The second-order valence-electron chi connectivity index (χ2n) is 7.15. The number of halogens is 1. The van der Waals surface area contributed by atoms with E-state index < -0.39 is 30.4 Å². The predicted octanol–water partition coefficient (Wildman–Crippen LogP) is 3.24. The summed E-state index contributed by atoms with van der Waals surface area (Å²) < 4.78 is 16.2. The molecule has 0 spiro atoms. The Labute approximate surface area is 217 Å². The van der Waals surface area contributed by atoms with Crippen LogP contribution in [-0.4, -0.2) is 59.0 Å². The summed E-state index contributed by atoms with van der Waals surface area (Å²) in [6.45, 7) is -0.481. The first kappa shape index (κ1) is 28.1. The van der Waals surface area contributed by atoms with E-state index in [1.54, 1.807) is 48.5 Å². The van der Waals surface area contributed by atoms with Crippen LogP contribution in [0.25, 0.3) is 6.08 Å². The van der Waals surface area contributed by atoms with Crippen LogP contribution in [0, 0.1) is 0 Å². The molecule has 0 radical (unpaired) electrons. The number of hydrogen-bond donors (Lipinski definition) is 2. The summed E-state index contributed by atoms with van der Waals surface area (Å²) in [4.78, 5) is 36.3. The van der Waals surface area contributed by atoms with Gasteiger partial charge in [0.25, 0.3) is 5.91 Å². The number of amides is 1. The Kier molecular flexibility index (Phi) is 10.1. The second kappa shape index (κ2) is 12.5. The molecule has 0 saturated carbocycles. The lowest BCUT2D eigenvalue weighted by Gasteiger charge is -2.13. The largest absolute Gasteiger partial charge is 0.493 e. The third-order valence-corrected chi connectivity index (χ3v) is 6.14. The zero-order valence-corrected chi connectivity index (χ0v) is 21.2. The Bertz CT molecular complexity index is 1160. The molecule has 0 bridgehead atoms. The van der Waals surface area contributed by atoms with Gasteiger partial charge in [-0.2, -0.15) is 0 Å². The fourth-order valence-electron chi connectivity index (χ4n) is 3.09. The number of rotatable bonds is 9. The number of benzene rings is 2.